The molecule has 6 heteroatoms. The molecule has 0 unspecified atom stereocenters. The van der Waals surface area contributed by atoms with Crippen LogP contribution in [-0.4, -0.2) is 29.8 Å². The summed E-state index contributed by atoms with van der Waals surface area (Å²) in [6.07, 6.45) is 0.690. The van der Waals surface area contributed by atoms with E-state index in [1.807, 2.05) is 30.3 Å². The molecule has 0 saturated carbocycles. The van der Waals surface area contributed by atoms with Crippen LogP contribution < -0.4 is 5.32 Å². The molecule has 0 saturated heterocycles. The van der Waals surface area contributed by atoms with E-state index >= 15 is 0 Å². The third kappa shape index (κ3) is 5.55. The number of hydrogen-bond acceptors (Lipinski definition) is 2. The Hall–Kier alpha value is -2.04. The quantitative estimate of drug-likeness (QED) is 0.841. The second-order valence-electron chi connectivity index (χ2n) is 5.35. The number of carbonyl (C=O) groups is 2. The molecule has 126 valence electrons. The number of benzene rings is 2. The van der Waals surface area contributed by atoms with Crippen molar-refractivity contribution in [3.63, 3.8) is 0 Å². The Kier molecular flexibility index (Phi) is 6.64. The van der Waals surface area contributed by atoms with Gasteiger partial charge in [0.1, 0.15) is 0 Å². The summed E-state index contributed by atoms with van der Waals surface area (Å²) in [5.41, 5.74) is 1.59. The molecule has 0 aliphatic heterocycles. The number of halogens is 2. The first kappa shape index (κ1) is 18.3. The van der Waals surface area contributed by atoms with Crippen LogP contribution in [0.25, 0.3) is 0 Å². The summed E-state index contributed by atoms with van der Waals surface area (Å²) in [6.45, 7) is 1.90. The molecule has 0 radical (unpaired) electrons. The summed E-state index contributed by atoms with van der Waals surface area (Å²) in [4.78, 5) is 25.5. The second-order valence-corrected chi connectivity index (χ2v) is 6.19. The first-order valence-corrected chi connectivity index (χ1v) is 8.25. The largest absolute Gasteiger partial charge is 0.333 e. The van der Waals surface area contributed by atoms with Gasteiger partial charge in [0.25, 0.3) is 0 Å². The lowest BCUT2D eigenvalue weighted by Crippen LogP contribution is -2.38. The minimum absolute atomic E-state index is 0.0267. The van der Waals surface area contributed by atoms with E-state index in [1.54, 1.807) is 18.2 Å². The molecule has 2 aromatic rings. The average molecular weight is 365 g/mol. The van der Waals surface area contributed by atoms with Gasteiger partial charge < -0.3 is 10.2 Å². The van der Waals surface area contributed by atoms with E-state index in [2.05, 4.69) is 5.32 Å². The highest BCUT2D eigenvalue weighted by Crippen LogP contribution is 2.25. The third-order valence-electron chi connectivity index (χ3n) is 3.50. The molecule has 2 amide bonds. The molecule has 0 aliphatic carbocycles. The molecule has 24 heavy (non-hydrogen) atoms. The van der Waals surface area contributed by atoms with Gasteiger partial charge >= 0.3 is 0 Å². The highest BCUT2D eigenvalue weighted by molar-refractivity contribution is 6.36. The minimum Gasteiger partial charge on any atom is -0.333 e. The number of anilines is 1. The smallest absolute Gasteiger partial charge is 0.244 e. The van der Waals surface area contributed by atoms with Crippen LogP contribution in [0, 0.1) is 0 Å². The highest BCUT2D eigenvalue weighted by atomic mass is 35.5. The number of rotatable bonds is 6. The first-order valence-electron chi connectivity index (χ1n) is 7.50. The Morgan fingerprint density at radius 2 is 1.79 bits per heavy atom. The van der Waals surface area contributed by atoms with Crippen LogP contribution in [0.2, 0.25) is 10.0 Å². The number of nitrogens with zero attached hydrogens (tertiary/aromatic N) is 1. The Labute approximate surface area is 151 Å². The molecule has 0 spiro atoms. The summed E-state index contributed by atoms with van der Waals surface area (Å²) in [7, 11) is 0. The Morgan fingerprint density at radius 1 is 1.08 bits per heavy atom. The molecule has 4 nitrogen and oxygen atoms in total. The fourth-order valence-corrected chi connectivity index (χ4v) is 2.67. The van der Waals surface area contributed by atoms with Crippen molar-refractivity contribution in [2.24, 2.45) is 0 Å². The van der Waals surface area contributed by atoms with Crippen LogP contribution in [0.3, 0.4) is 0 Å². The first-order chi connectivity index (χ1) is 11.5. The lowest BCUT2D eigenvalue weighted by Gasteiger charge is -2.20. The van der Waals surface area contributed by atoms with E-state index < -0.39 is 0 Å². The van der Waals surface area contributed by atoms with Gasteiger partial charge in [0.15, 0.2) is 0 Å². The van der Waals surface area contributed by atoms with Crippen LogP contribution in [0.5, 0.6) is 0 Å². The molecular weight excluding hydrogens is 347 g/mol. The van der Waals surface area contributed by atoms with Crippen LogP contribution >= 0.6 is 23.2 Å². The maximum atomic E-state index is 12.2. The van der Waals surface area contributed by atoms with Gasteiger partial charge in [-0.05, 0) is 30.2 Å². The predicted octanol–water partition coefficient (Wildman–Crippen LogP) is 4.02. The van der Waals surface area contributed by atoms with Gasteiger partial charge in [-0.25, -0.2) is 0 Å². The Morgan fingerprint density at radius 3 is 2.42 bits per heavy atom. The molecule has 2 aromatic carbocycles. The molecule has 0 heterocycles. The molecule has 0 aromatic heterocycles. The SMILES string of the molecule is CC(=O)N(CCc1ccccc1)CC(=O)Nc1ccc(Cl)cc1Cl. The van der Waals surface area contributed by atoms with Gasteiger partial charge in [-0.3, -0.25) is 9.59 Å². The van der Waals surface area contributed by atoms with E-state index in [1.165, 1.54) is 11.8 Å². The third-order valence-corrected chi connectivity index (χ3v) is 4.05. The average Bonchev–Trinajstić information content (AvgIpc) is 2.55. The lowest BCUT2D eigenvalue weighted by atomic mass is 10.1. The van der Waals surface area contributed by atoms with Crippen LogP contribution in [0.4, 0.5) is 5.69 Å². The van der Waals surface area contributed by atoms with E-state index in [-0.39, 0.29) is 18.4 Å². The maximum Gasteiger partial charge on any atom is 0.244 e. The van der Waals surface area contributed by atoms with E-state index in [4.69, 9.17) is 23.2 Å². The highest BCUT2D eigenvalue weighted by Gasteiger charge is 2.14. The Bertz CT molecular complexity index is 720. The van der Waals surface area contributed by atoms with Crippen molar-refractivity contribution in [1.29, 1.82) is 0 Å². The van der Waals surface area contributed by atoms with Gasteiger partial charge in [-0.1, -0.05) is 53.5 Å². The van der Waals surface area contributed by atoms with E-state index in [9.17, 15) is 9.59 Å². The fourth-order valence-electron chi connectivity index (χ4n) is 2.21. The van der Waals surface area contributed by atoms with Crippen molar-refractivity contribution in [2.75, 3.05) is 18.4 Å². The lowest BCUT2D eigenvalue weighted by molar-refractivity contribution is -0.132. The predicted molar refractivity (Wildman–Crippen MR) is 97.5 cm³/mol. The van der Waals surface area contributed by atoms with Crippen molar-refractivity contribution < 1.29 is 9.59 Å². The monoisotopic (exact) mass is 364 g/mol. The zero-order chi connectivity index (χ0) is 17.5. The molecule has 2 rings (SSSR count). The van der Waals surface area contributed by atoms with Crippen molar-refractivity contribution in [3.05, 3.63) is 64.1 Å². The molecule has 0 fully saturated rings. The molecule has 0 bridgehead atoms. The van der Waals surface area contributed by atoms with Crippen molar-refractivity contribution in [2.45, 2.75) is 13.3 Å². The minimum atomic E-state index is -0.303. The van der Waals surface area contributed by atoms with Crippen LogP contribution in [-0.2, 0) is 16.0 Å². The molecule has 1 N–H and O–H groups in total. The summed E-state index contributed by atoms with van der Waals surface area (Å²) < 4.78 is 0. The van der Waals surface area contributed by atoms with Crippen molar-refractivity contribution >= 4 is 40.7 Å². The topological polar surface area (TPSA) is 49.4 Å². The van der Waals surface area contributed by atoms with Crippen LogP contribution in [0.1, 0.15) is 12.5 Å². The fraction of sp³-hybridized carbons (Fsp3) is 0.222. The summed E-state index contributed by atoms with van der Waals surface area (Å²) >= 11 is 11.9. The normalized spacial score (nSPS) is 10.3. The zero-order valence-electron chi connectivity index (χ0n) is 13.3. The summed E-state index contributed by atoms with van der Waals surface area (Å²) in [5.74, 6) is -0.453. The molecular formula is C18H18Cl2N2O2. The second kappa shape index (κ2) is 8.71. The van der Waals surface area contributed by atoms with Gasteiger partial charge in [-0.2, -0.15) is 0 Å². The van der Waals surface area contributed by atoms with E-state index in [0.717, 1.165) is 5.56 Å². The maximum absolute atomic E-state index is 12.2. The Balaban J connectivity index is 1.94. The number of hydrogen-bond donors (Lipinski definition) is 1. The molecule has 0 atom stereocenters. The van der Waals surface area contributed by atoms with Gasteiger partial charge in [0.05, 0.1) is 17.3 Å². The zero-order valence-corrected chi connectivity index (χ0v) is 14.8. The summed E-state index contributed by atoms with van der Waals surface area (Å²) in [6, 6.07) is 14.6. The van der Waals surface area contributed by atoms with Crippen molar-refractivity contribution in [1.82, 2.24) is 4.90 Å². The van der Waals surface area contributed by atoms with Gasteiger partial charge in [0.2, 0.25) is 11.8 Å². The van der Waals surface area contributed by atoms with Gasteiger partial charge in [0, 0.05) is 18.5 Å². The number of amides is 2. The van der Waals surface area contributed by atoms with Gasteiger partial charge in [-0.15, -0.1) is 0 Å². The number of nitrogens with one attached hydrogen (secondary N) is 1. The van der Waals surface area contributed by atoms with Crippen molar-refractivity contribution in [3.8, 4) is 0 Å². The molecule has 0 aliphatic rings. The summed E-state index contributed by atoms with van der Waals surface area (Å²) in [5, 5.41) is 3.55. The van der Waals surface area contributed by atoms with Crippen LogP contribution in [0.15, 0.2) is 48.5 Å². The van der Waals surface area contributed by atoms with E-state index in [0.29, 0.717) is 28.7 Å². The number of carbonyl (C=O) groups excluding carboxylic acids is 2. The standard InChI is InChI=1S/C18H18Cl2N2O2/c1-13(23)22(10-9-14-5-3-2-4-6-14)12-18(24)21-17-8-7-15(19)11-16(17)20/h2-8,11H,9-10,12H2,1H3,(H,21,24).